The predicted octanol–water partition coefficient (Wildman–Crippen LogP) is 5.58. The van der Waals surface area contributed by atoms with Gasteiger partial charge in [0.1, 0.15) is 0 Å². The Hall–Kier alpha value is -0.0800. The maximum Gasteiger partial charge on any atom is 0.00997 e. The molecule has 0 bridgehead atoms. The van der Waals surface area contributed by atoms with Crippen LogP contribution >= 0.6 is 0 Å². The van der Waals surface area contributed by atoms with Gasteiger partial charge >= 0.3 is 0 Å². The van der Waals surface area contributed by atoms with Crippen molar-refractivity contribution in [1.29, 1.82) is 0 Å². The fourth-order valence-corrected chi connectivity index (χ4v) is 2.52. The summed E-state index contributed by atoms with van der Waals surface area (Å²) in [5, 5.41) is 0. The van der Waals surface area contributed by atoms with Gasteiger partial charge in [0, 0.05) is 13.1 Å². The minimum Gasteiger partial charge on any atom is -0.258 e. The summed E-state index contributed by atoms with van der Waals surface area (Å²) in [6, 6.07) is 0. The van der Waals surface area contributed by atoms with Crippen LogP contribution in [-0.2, 0) is 0 Å². The molecular formula is C18H40N2. The molecule has 20 heavy (non-hydrogen) atoms. The molecule has 2 N–H and O–H groups in total. The first-order valence-electron chi connectivity index (χ1n) is 9.37. The molecule has 0 unspecified atom stereocenters. The highest BCUT2D eigenvalue weighted by atomic mass is 15.3. The maximum absolute atomic E-state index is 3.35. The van der Waals surface area contributed by atoms with Gasteiger partial charge in [0.05, 0.1) is 0 Å². The molecule has 2 nitrogen and oxygen atoms in total. The van der Waals surface area contributed by atoms with Crippen LogP contribution in [0.15, 0.2) is 0 Å². The third kappa shape index (κ3) is 17.9. The van der Waals surface area contributed by atoms with Gasteiger partial charge in [-0.15, -0.1) is 0 Å². The highest BCUT2D eigenvalue weighted by molar-refractivity contribution is 4.49. The second-order valence-electron chi connectivity index (χ2n) is 6.10. The van der Waals surface area contributed by atoms with E-state index < -0.39 is 0 Å². The van der Waals surface area contributed by atoms with Crippen molar-refractivity contribution in [2.75, 3.05) is 13.1 Å². The van der Waals surface area contributed by atoms with E-state index in [1.807, 2.05) is 0 Å². The lowest BCUT2D eigenvalue weighted by atomic mass is 10.1. The van der Waals surface area contributed by atoms with E-state index >= 15 is 0 Å². The van der Waals surface area contributed by atoms with Crippen LogP contribution in [0.2, 0.25) is 0 Å². The van der Waals surface area contributed by atoms with Crippen molar-refractivity contribution < 1.29 is 0 Å². The lowest BCUT2D eigenvalue weighted by Gasteiger charge is -2.07. The Morgan fingerprint density at radius 2 is 0.700 bits per heavy atom. The van der Waals surface area contributed by atoms with Gasteiger partial charge in [-0.1, -0.05) is 90.9 Å². The van der Waals surface area contributed by atoms with Crippen LogP contribution in [0.25, 0.3) is 0 Å². The molecule has 0 aliphatic rings. The summed E-state index contributed by atoms with van der Waals surface area (Å²) >= 11 is 0. The van der Waals surface area contributed by atoms with Gasteiger partial charge in [0.2, 0.25) is 0 Å². The lowest BCUT2D eigenvalue weighted by molar-refractivity contribution is 0.480. The normalized spacial score (nSPS) is 11.1. The number of hydrogen-bond donors (Lipinski definition) is 2. The molecule has 0 spiro atoms. The molecule has 0 amide bonds. The van der Waals surface area contributed by atoms with E-state index in [1.165, 1.54) is 89.9 Å². The molecule has 0 aliphatic carbocycles. The molecule has 0 aromatic carbocycles. The predicted molar refractivity (Wildman–Crippen MR) is 92.0 cm³/mol. The minimum atomic E-state index is 1.13. The fourth-order valence-electron chi connectivity index (χ4n) is 2.52. The smallest absolute Gasteiger partial charge is 0.00997 e. The van der Waals surface area contributed by atoms with Gasteiger partial charge in [-0.05, 0) is 12.8 Å². The van der Waals surface area contributed by atoms with Crippen LogP contribution in [0.1, 0.15) is 104 Å². The van der Waals surface area contributed by atoms with Crippen LogP contribution < -0.4 is 10.9 Å². The average Bonchev–Trinajstić information content (AvgIpc) is 2.47. The Morgan fingerprint density at radius 1 is 0.400 bits per heavy atom. The van der Waals surface area contributed by atoms with Gasteiger partial charge in [0.25, 0.3) is 0 Å². The average molecular weight is 285 g/mol. The first-order valence-corrected chi connectivity index (χ1v) is 9.37. The molecule has 0 heterocycles. The van der Waals surface area contributed by atoms with Crippen LogP contribution in [0.5, 0.6) is 0 Å². The number of nitrogens with one attached hydrogen (secondary N) is 2. The summed E-state index contributed by atoms with van der Waals surface area (Å²) in [7, 11) is 0. The number of rotatable bonds is 17. The second-order valence-corrected chi connectivity index (χ2v) is 6.10. The van der Waals surface area contributed by atoms with Crippen molar-refractivity contribution >= 4 is 0 Å². The quantitative estimate of drug-likeness (QED) is 0.269. The third-order valence-electron chi connectivity index (χ3n) is 3.94. The van der Waals surface area contributed by atoms with Crippen molar-refractivity contribution in [2.24, 2.45) is 0 Å². The Balaban J connectivity index is 2.89. The van der Waals surface area contributed by atoms with E-state index in [0.717, 1.165) is 13.1 Å². The molecular weight excluding hydrogens is 244 g/mol. The molecule has 0 radical (unpaired) electrons. The zero-order valence-corrected chi connectivity index (χ0v) is 14.3. The van der Waals surface area contributed by atoms with Gasteiger partial charge in [0.15, 0.2) is 0 Å². The third-order valence-corrected chi connectivity index (χ3v) is 3.94. The fraction of sp³-hybridized carbons (Fsp3) is 1.00. The second kappa shape index (κ2) is 18.9. The lowest BCUT2D eigenvalue weighted by Crippen LogP contribution is -2.33. The first kappa shape index (κ1) is 19.9. The van der Waals surface area contributed by atoms with Gasteiger partial charge in [-0.25, -0.2) is 0 Å². The maximum atomic E-state index is 3.35. The summed E-state index contributed by atoms with van der Waals surface area (Å²) in [5.74, 6) is 0. The zero-order chi connectivity index (χ0) is 14.7. The molecule has 0 aromatic heterocycles. The molecule has 0 atom stereocenters. The number of hydrogen-bond acceptors (Lipinski definition) is 2. The van der Waals surface area contributed by atoms with Crippen molar-refractivity contribution in [2.45, 2.75) is 104 Å². The van der Waals surface area contributed by atoms with E-state index in [0.29, 0.717) is 0 Å². The molecule has 2 heteroatoms. The Bertz CT molecular complexity index is 141. The van der Waals surface area contributed by atoms with E-state index in [9.17, 15) is 0 Å². The molecule has 0 saturated heterocycles. The largest absolute Gasteiger partial charge is 0.258 e. The van der Waals surface area contributed by atoms with Crippen LogP contribution in [0.4, 0.5) is 0 Å². The van der Waals surface area contributed by atoms with Crippen molar-refractivity contribution in [3.8, 4) is 0 Å². The zero-order valence-electron chi connectivity index (χ0n) is 14.3. The van der Waals surface area contributed by atoms with Crippen LogP contribution in [-0.4, -0.2) is 13.1 Å². The molecule has 0 aliphatic heterocycles. The van der Waals surface area contributed by atoms with Gasteiger partial charge in [-0.3, -0.25) is 10.9 Å². The number of unbranched alkanes of at least 4 members (excludes halogenated alkanes) is 12. The summed E-state index contributed by atoms with van der Waals surface area (Å²) in [6.45, 7) is 6.81. The highest BCUT2D eigenvalue weighted by Crippen LogP contribution is 2.07. The van der Waals surface area contributed by atoms with Crippen molar-refractivity contribution in [1.82, 2.24) is 10.9 Å². The van der Waals surface area contributed by atoms with E-state index in [4.69, 9.17) is 0 Å². The SMILES string of the molecule is CCCCCCCCCCNNCCCCCCCC. The van der Waals surface area contributed by atoms with Crippen molar-refractivity contribution in [3.63, 3.8) is 0 Å². The first-order chi connectivity index (χ1) is 9.91. The Morgan fingerprint density at radius 3 is 1.05 bits per heavy atom. The van der Waals surface area contributed by atoms with Crippen molar-refractivity contribution in [3.05, 3.63) is 0 Å². The van der Waals surface area contributed by atoms with Crippen LogP contribution in [0, 0.1) is 0 Å². The monoisotopic (exact) mass is 284 g/mol. The molecule has 0 aromatic rings. The van der Waals surface area contributed by atoms with Crippen LogP contribution in [0.3, 0.4) is 0 Å². The molecule has 0 fully saturated rings. The van der Waals surface area contributed by atoms with Gasteiger partial charge in [-0.2, -0.15) is 0 Å². The minimum absolute atomic E-state index is 1.13. The standard InChI is InChI=1S/C18H40N2/c1-3-5-7-9-11-12-14-16-18-20-19-17-15-13-10-8-6-4-2/h19-20H,3-18H2,1-2H3. The summed E-state index contributed by atoms with van der Waals surface area (Å²) in [4.78, 5) is 0. The highest BCUT2D eigenvalue weighted by Gasteiger charge is 1.92. The molecule has 0 saturated carbocycles. The topological polar surface area (TPSA) is 24.1 Å². The molecule has 122 valence electrons. The molecule has 0 rings (SSSR count). The Labute approximate surface area is 128 Å². The van der Waals surface area contributed by atoms with E-state index in [2.05, 4.69) is 24.7 Å². The Kier molecular flexibility index (Phi) is 18.8. The van der Waals surface area contributed by atoms with Gasteiger partial charge < -0.3 is 0 Å². The van der Waals surface area contributed by atoms with E-state index in [1.54, 1.807) is 0 Å². The summed E-state index contributed by atoms with van der Waals surface area (Å²) in [6.07, 6.45) is 19.5. The summed E-state index contributed by atoms with van der Waals surface area (Å²) < 4.78 is 0. The summed E-state index contributed by atoms with van der Waals surface area (Å²) in [5.41, 5.74) is 6.69. The number of hydrazine groups is 1. The van der Waals surface area contributed by atoms with E-state index in [-0.39, 0.29) is 0 Å².